The quantitative estimate of drug-likeness (QED) is 0.755. The molecule has 5 heteroatoms. The number of hydrogen-bond acceptors (Lipinski definition) is 5. The molecule has 2 rings (SSSR count). The van der Waals surface area contributed by atoms with Crippen molar-refractivity contribution in [3.8, 4) is 0 Å². The van der Waals surface area contributed by atoms with E-state index in [1.54, 1.807) is 18.2 Å². The summed E-state index contributed by atoms with van der Waals surface area (Å²) in [6.07, 6.45) is 1.42. The maximum absolute atomic E-state index is 11.7. The zero-order valence-corrected chi connectivity index (χ0v) is 8.89. The minimum atomic E-state index is -0.417. The number of pyridine rings is 1. The van der Waals surface area contributed by atoms with Crippen LogP contribution in [-0.2, 0) is 9.47 Å². The number of anilines is 1. The third kappa shape index (κ3) is 2.70. The van der Waals surface area contributed by atoms with Crippen LogP contribution in [0.1, 0.15) is 23.3 Å². The molecule has 1 saturated heterocycles. The summed E-state index contributed by atoms with van der Waals surface area (Å²) < 4.78 is 10.5. The Balaban J connectivity index is 1.97. The Bertz CT molecular complexity index is 375. The van der Waals surface area contributed by atoms with Crippen molar-refractivity contribution in [3.63, 3.8) is 0 Å². The van der Waals surface area contributed by atoms with E-state index in [-0.39, 0.29) is 11.8 Å². The molecule has 1 aliphatic heterocycles. The largest absolute Gasteiger partial charge is 0.457 e. The zero-order valence-electron chi connectivity index (χ0n) is 8.89. The molecule has 0 aromatic carbocycles. The smallest absolute Gasteiger partial charge is 0.357 e. The highest BCUT2D eigenvalue weighted by atomic mass is 16.6. The van der Waals surface area contributed by atoms with Crippen LogP contribution in [0.3, 0.4) is 0 Å². The van der Waals surface area contributed by atoms with E-state index in [0.717, 1.165) is 12.8 Å². The second kappa shape index (κ2) is 4.94. The average molecular weight is 222 g/mol. The number of rotatable bonds is 2. The van der Waals surface area contributed by atoms with Crippen LogP contribution >= 0.6 is 0 Å². The lowest BCUT2D eigenvalue weighted by Gasteiger charge is -2.21. The summed E-state index contributed by atoms with van der Waals surface area (Å²) in [6.45, 7) is 1.28. The van der Waals surface area contributed by atoms with Gasteiger partial charge in [0.15, 0.2) is 5.69 Å². The Morgan fingerprint density at radius 2 is 2.19 bits per heavy atom. The number of ether oxygens (including phenoxy) is 2. The Kier molecular flexibility index (Phi) is 3.36. The van der Waals surface area contributed by atoms with Crippen molar-refractivity contribution in [2.75, 3.05) is 18.9 Å². The third-order valence-corrected chi connectivity index (χ3v) is 2.42. The van der Waals surface area contributed by atoms with E-state index in [0.29, 0.717) is 19.0 Å². The highest BCUT2D eigenvalue weighted by Crippen LogP contribution is 2.13. The number of esters is 1. The van der Waals surface area contributed by atoms with Crippen molar-refractivity contribution in [2.45, 2.75) is 18.9 Å². The molecular weight excluding hydrogens is 208 g/mol. The van der Waals surface area contributed by atoms with Crippen LogP contribution in [0.15, 0.2) is 18.2 Å². The van der Waals surface area contributed by atoms with Crippen LogP contribution < -0.4 is 5.73 Å². The van der Waals surface area contributed by atoms with Crippen molar-refractivity contribution in [2.24, 2.45) is 0 Å². The molecule has 2 heterocycles. The Labute approximate surface area is 93.6 Å². The molecule has 0 radical (unpaired) electrons. The van der Waals surface area contributed by atoms with Crippen LogP contribution in [-0.4, -0.2) is 30.3 Å². The van der Waals surface area contributed by atoms with Crippen molar-refractivity contribution >= 4 is 11.8 Å². The van der Waals surface area contributed by atoms with Crippen molar-refractivity contribution in [3.05, 3.63) is 23.9 Å². The minimum Gasteiger partial charge on any atom is -0.457 e. The summed E-state index contributed by atoms with van der Waals surface area (Å²) >= 11 is 0. The van der Waals surface area contributed by atoms with Crippen LogP contribution in [0.25, 0.3) is 0 Å². The van der Waals surface area contributed by atoms with Gasteiger partial charge in [0.1, 0.15) is 11.9 Å². The summed E-state index contributed by atoms with van der Waals surface area (Å²) in [4.78, 5) is 15.6. The molecule has 0 bridgehead atoms. The number of nitrogens with zero attached hydrogens (tertiary/aromatic N) is 1. The number of nitrogen functional groups attached to an aromatic ring is 1. The molecule has 1 fully saturated rings. The summed E-state index contributed by atoms with van der Waals surface area (Å²) in [5.74, 6) is -0.0966. The van der Waals surface area contributed by atoms with Gasteiger partial charge >= 0.3 is 5.97 Å². The van der Waals surface area contributed by atoms with E-state index >= 15 is 0 Å². The fraction of sp³-hybridized carbons (Fsp3) is 0.455. The van der Waals surface area contributed by atoms with Crippen LogP contribution in [0.5, 0.6) is 0 Å². The van der Waals surface area contributed by atoms with E-state index in [4.69, 9.17) is 15.2 Å². The van der Waals surface area contributed by atoms with Gasteiger partial charge < -0.3 is 15.2 Å². The predicted octanol–water partition coefficient (Wildman–Crippen LogP) is 1.000. The molecule has 0 saturated carbocycles. The van der Waals surface area contributed by atoms with Gasteiger partial charge in [0.2, 0.25) is 0 Å². The van der Waals surface area contributed by atoms with Gasteiger partial charge in [-0.25, -0.2) is 9.78 Å². The van der Waals surface area contributed by atoms with Gasteiger partial charge in [-0.3, -0.25) is 0 Å². The average Bonchev–Trinajstić information content (AvgIpc) is 2.30. The monoisotopic (exact) mass is 222 g/mol. The van der Waals surface area contributed by atoms with Crippen molar-refractivity contribution < 1.29 is 14.3 Å². The molecule has 0 aliphatic carbocycles. The van der Waals surface area contributed by atoms with Crippen LogP contribution in [0, 0.1) is 0 Å². The molecule has 1 aromatic heterocycles. The Morgan fingerprint density at radius 3 is 2.88 bits per heavy atom. The van der Waals surface area contributed by atoms with E-state index in [2.05, 4.69) is 4.98 Å². The highest BCUT2D eigenvalue weighted by Gasteiger charge is 2.19. The van der Waals surface area contributed by atoms with Gasteiger partial charge in [0.05, 0.1) is 13.2 Å². The molecular formula is C11H14N2O3. The molecule has 0 amide bonds. The van der Waals surface area contributed by atoms with Crippen LogP contribution in [0.4, 0.5) is 5.82 Å². The molecule has 0 spiro atoms. The van der Waals surface area contributed by atoms with Gasteiger partial charge in [-0.05, 0) is 12.1 Å². The maximum Gasteiger partial charge on any atom is 0.357 e. The lowest BCUT2D eigenvalue weighted by Crippen LogP contribution is -2.26. The maximum atomic E-state index is 11.7. The topological polar surface area (TPSA) is 74.4 Å². The van der Waals surface area contributed by atoms with Gasteiger partial charge in [0, 0.05) is 12.8 Å². The molecule has 1 aromatic rings. The van der Waals surface area contributed by atoms with Gasteiger partial charge in [-0.15, -0.1) is 0 Å². The Hall–Kier alpha value is -1.62. The molecule has 16 heavy (non-hydrogen) atoms. The third-order valence-electron chi connectivity index (χ3n) is 2.42. The molecule has 86 valence electrons. The first-order valence-corrected chi connectivity index (χ1v) is 5.27. The standard InChI is InChI=1S/C11H14N2O3/c12-10-3-1-2-9(13-10)11(14)16-8-4-6-15-7-5-8/h1-3,8H,4-7H2,(H2,12,13). The first kappa shape index (κ1) is 10.9. The molecule has 0 atom stereocenters. The van der Waals surface area contributed by atoms with Gasteiger partial charge in [-0.2, -0.15) is 0 Å². The lowest BCUT2D eigenvalue weighted by molar-refractivity contribution is -0.0163. The van der Waals surface area contributed by atoms with Crippen molar-refractivity contribution in [1.82, 2.24) is 4.98 Å². The van der Waals surface area contributed by atoms with E-state index in [9.17, 15) is 4.79 Å². The van der Waals surface area contributed by atoms with Gasteiger partial charge in [-0.1, -0.05) is 6.07 Å². The van der Waals surface area contributed by atoms with Crippen LogP contribution in [0.2, 0.25) is 0 Å². The van der Waals surface area contributed by atoms with Crippen molar-refractivity contribution in [1.29, 1.82) is 0 Å². The second-order valence-electron chi connectivity index (χ2n) is 3.66. The lowest BCUT2D eigenvalue weighted by atomic mass is 10.1. The normalized spacial score (nSPS) is 17.0. The summed E-state index contributed by atoms with van der Waals surface area (Å²) in [7, 11) is 0. The number of aromatic nitrogens is 1. The fourth-order valence-corrected chi connectivity index (χ4v) is 1.57. The number of carbonyl (C=O) groups is 1. The minimum absolute atomic E-state index is 0.0653. The zero-order chi connectivity index (χ0) is 11.4. The second-order valence-corrected chi connectivity index (χ2v) is 3.66. The van der Waals surface area contributed by atoms with E-state index in [1.807, 2.05) is 0 Å². The number of carbonyl (C=O) groups excluding carboxylic acids is 1. The molecule has 2 N–H and O–H groups in total. The molecule has 1 aliphatic rings. The predicted molar refractivity (Wildman–Crippen MR) is 57.9 cm³/mol. The number of hydrogen-bond donors (Lipinski definition) is 1. The fourth-order valence-electron chi connectivity index (χ4n) is 1.57. The first-order chi connectivity index (χ1) is 7.75. The summed E-state index contributed by atoms with van der Waals surface area (Å²) in [5.41, 5.74) is 5.75. The SMILES string of the molecule is Nc1cccc(C(=O)OC2CCOCC2)n1. The summed E-state index contributed by atoms with van der Waals surface area (Å²) in [6, 6.07) is 4.91. The Morgan fingerprint density at radius 1 is 1.44 bits per heavy atom. The molecule has 0 unspecified atom stereocenters. The van der Waals surface area contributed by atoms with E-state index < -0.39 is 5.97 Å². The highest BCUT2D eigenvalue weighted by molar-refractivity contribution is 5.87. The van der Waals surface area contributed by atoms with Gasteiger partial charge in [0.25, 0.3) is 0 Å². The van der Waals surface area contributed by atoms with E-state index in [1.165, 1.54) is 0 Å². The molecule has 5 nitrogen and oxygen atoms in total. The number of nitrogens with two attached hydrogens (primary N) is 1. The first-order valence-electron chi connectivity index (χ1n) is 5.27. The summed E-state index contributed by atoms with van der Waals surface area (Å²) in [5, 5.41) is 0.